The maximum Gasteiger partial charge on any atom is 0.179 e. The highest BCUT2D eigenvalue weighted by Crippen LogP contribution is 2.35. The molecule has 2 aromatic rings. The first-order chi connectivity index (χ1) is 10.1. The van der Waals surface area contributed by atoms with Crippen LogP contribution in [0.1, 0.15) is 16.7 Å². The first kappa shape index (κ1) is 15.7. The summed E-state index contributed by atoms with van der Waals surface area (Å²) >= 11 is 6.20. The van der Waals surface area contributed by atoms with Gasteiger partial charge in [0, 0.05) is 13.1 Å². The van der Waals surface area contributed by atoms with Crippen LogP contribution in [0.2, 0.25) is 5.02 Å². The number of halogens is 1. The van der Waals surface area contributed by atoms with Crippen molar-refractivity contribution in [1.29, 1.82) is 0 Å². The molecule has 0 aliphatic heterocycles. The summed E-state index contributed by atoms with van der Waals surface area (Å²) in [5, 5.41) is 3.97. The molecule has 0 heterocycles. The third kappa shape index (κ3) is 4.13. The predicted molar refractivity (Wildman–Crippen MR) is 86.3 cm³/mol. The number of ether oxygens (including phenoxy) is 2. The van der Waals surface area contributed by atoms with E-state index in [1.165, 1.54) is 11.1 Å². The fourth-order valence-electron chi connectivity index (χ4n) is 2.25. The van der Waals surface area contributed by atoms with E-state index in [-0.39, 0.29) is 0 Å². The van der Waals surface area contributed by atoms with Crippen molar-refractivity contribution in [2.45, 2.75) is 20.0 Å². The van der Waals surface area contributed by atoms with Gasteiger partial charge in [0.05, 0.1) is 19.2 Å². The molecule has 0 unspecified atom stereocenters. The molecule has 0 fully saturated rings. The molecule has 0 bridgehead atoms. The van der Waals surface area contributed by atoms with Gasteiger partial charge >= 0.3 is 0 Å². The molecular formula is C17H20ClNO2. The summed E-state index contributed by atoms with van der Waals surface area (Å²) in [7, 11) is 3.19. The lowest BCUT2D eigenvalue weighted by Crippen LogP contribution is -2.13. The third-order valence-corrected chi connectivity index (χ3v) is 3.51. The number of benzene rings is 2. The standard InChI is InChI=1S/C17H20ClNO2/c1-12-5-4-6-13(7-12)10-19-11-14-8-15(18)17(21-3)16(9-14)20-2/h4-9,19H,10-11H2,1-3H3. The number of aryl methyl sites for hydroxylation is 1. The lowest BCUT2D eigenvalue weighted by molar-refractivity contribution is 0.354. The SMILES string of the molecule is COc1cc(CNCc2cccc(C)c2)cc(Cl)c1OC. The van der Waals surface area contributed by atoms with E-state index in [1.807, 2.05) is 12.1 Å². The van der Waals surface area contributed by atoms with Crippen LogP contribution in [0.4, 0.5) is 0 Å². The van der Waals surface area contributed by atoms with Gasteiger partial charge in [-0.2, -0.15) is 0 Å². The Morgan fingerprint density at radius 2 is 1.76 bits per heavy atom. The molecule has 2 rings (SSSR count). The molecule has 1 N–H and O–H groups in total. The van der Waals surface area contributed by atoms with Crippen molar-refractivity contribution in [3.8, 4) is 11.5 Å². The molecule has 0 saturated heterocycles. The molecule has 112 valence electrons. The van der Waals surface area contributed by atoms with Crippen LogP contribution in [0.15, 0.2) is 36.4 Å². The summed E-state index contributed by atoms with van der Waals surface area (Å²) < 4.78 is 10.5. The Morgan fingerprint density at radius 3 is 2.43 bits per heavy atom. The minimum absolute atomic E-state index is 0.559. The molecule has 0 aliphatic rings. The van der Waals surface area contributed by atoms with E-state index in [1.54, 1.807) is 14.2 Å². The van der Waals surface area contributed by atoms with Gasteiger partial charge in [-0.3, -0.25) is 0 Å². The van der Waals surface area contributed by atoms with E-state index in [4.69, 9.17) is 21.1 Å². The third-order valence-electron chi connectivity index (χ3n) is 3.23. The minimum atomic E-state index is 0.559. The first-order valence-electron chi connectivity index (χ1n) is 6.80. The van der Waals surface area contributed by atoms with E-state index in [0.717, 1.165) is 12.1 Å². The van der Waals surface area contributed by atoms with Crippen LogP contribution in [0.25, 0.3) is 0 Å². The van der Waals surface area contributed by atoms with Gasteiger partial charge in [-0.15, -0.1) is 0 Å². The van der Waals surface area contributed by atoms with Crippen LogP contribution in [0, 0.1) is 6.92 Å². The van der Waals surface area contributed by atoms with Gasteiger partial charge in [0.15, 0.2) is 11.5 Å². The highest BCUT2D eigenvalue weighted by atomic mass is 35.5. The van der Waals surface area contributed by atoms with Crippen LogP contribution in [-0.4, -0.2) is 14.2 Å². The van der Waals surface area contributed by atoms with Crippen LogP contribution < -0.4 is 14.8 Å². The lowest BCUT2D eigenvalue weighted by Gasteiger charge is -2.12. The summed E-state index contributed by atoms with van der Waals surface area (Å²) in [5.41, 5.74) is 3.59. The van der Waals surface area contributed by atoms with Crippen molar-refractivity contribution in [1.82, 2.24) is 5.32 Å². The van der Waals surface area contributed by atoms with Gasteiger partial charge in [0.25, 0.3) is 0 Å². The number of nitrogens with one attached hydrogen (secondary N) is 1. The van der Waals surface area contributed by atoms with Crippen LogP contribution in [0.5, 0.6) is 11.5 Å². The minimum Gasteiger partial charge on any atom is -0.493 e. The molecule has 21 heavy (non-hydrogen) atoms. The van der Waals surface area contributed by atoms with Gasteiger partial charge in [-0.25, -0.2) is 0 Å². The summed E-state index contributed by atoms with van der Waals surface area (Å²) in [6.07, 6.45) is 0. The van der Waals surface area contributed by atoms with Crippen LogP contribution >= 0.6 is 11.6 Å². The van der Waals surface area contributed by atoms with Crippen LogP contribution in [0.3, 0.4) is 0 Å². The summed E-state index contributed by atoms with van der Waals surface area (Å²) in [5.74, 6) is 1.22. The molecular weight excluding hydrogens is 286 g/mol. The van der Waals surface area contributed by atoms with E-state index >= 15 is 0 Å². The molecule has 0 spiro atoms. The molecule has 0 radical (unpaired) electrons. The molecule has 4 heteroatoms. The zero-order valence-corrected chi connectivity index (χ0v) is 13.3. The van der Waals surface area contributed by atoms with Crippen molar-refractivity contribution in [3.63, 3.8) is 0 Å². The first-order valence-corrected chi connectivity index (χ1v) is 7.18. The maximum absolute atomic E-state index is 6.20. The van der Waals surface area contributed by atoms with Crippen molar-refractivity contribution >= 4 is 11.6 Å². The fraction of sp³-hybridized carbons (Fsp3) is 0.294. The molecule has 0 amide bonds. The van der Waals surface area contributed by atoms with Gasteiger partial charge in [0.1, 0.15) is 0 Å². The van der Waals surface area contributed by atoms with Crippen molar-refractivity contribution < 1.29 is 9.47 Å². The Morgan fingerprint density at radius 1 is 1.00 bits per heavy atom. The average molecular weight is 306 g/mol. The monoisotopic (exact) mass is 305 g/mol. The predicted octanol–water partition coefficient (Wildman–Crippen LogP) is 3.96. The second kappa shape index (κ2) is 7.34. The quantitative estimate of drug-likeness (QED) is 0.876. The summed E-state index contributed by atoms with van der Waals surface area (Å²) in [4.78, 5) is 0. The van der Waals surface area contributed by atoms with Crippen molar-refractivity contribution in [2.24, 2.45) is 0 Å². The summed E-state index contributed by atoms with van der Waals surface area (Å²) in [6.45, 7) is 3.62. The van der Waals surface area contributed by atoms with Gasteiger partial charge in [0.2, 0.25) is 0 Å². The highest BCUT2D eigenvalue weighted by molar-refractivity contribution is 6.32. The Balaban J connectivity index is 2.02. The molecule has 0 saturated carbocycles. The Kier molecular flexibility index (Phi) is 5.48. The number of hydrogen-bond donors (Lipinski definition) is 1. The molecule has 3 nitrogen and oxygen atoms in total. The maximum atomic E-state index is 6.20. The number of rotatable bonds is 6. The van der Waals surface area contributed by atoms with E-state index in [9.17, 15) is 0 Å². The number of hydrogen-bond acceptors (Lipinski definition) is 3. The zero-order chi connectivity index (χ0) is 15.2. The Labute approximate surface area is 130 Å². The van der Waals surface area contributed by atoms with Gasteiger partial charge in [-0.05, 0) is 30.2 Å². The van der Waals surface area contributed by atoms with E-state index in [2.05, 4.69) is 36.5 Å². The molecule has 0 atom stereocenters. The zero-order valence-electron chi connectivity index (χ0n) is 12.6. The summed E-state index contributed by atoms with van der Waals surface area (Å²) in [6, 6.07) is 12.3. The van der Waals surface area contributed by atoms with Crippen LogP contribution in [-0.2, 0) is 13.1 Å². The van der Waals surface area contributed by atoms with E-state index < -0.39 is 0 Å². The van der Waals surface area contributed by atoms with E-state index in [0.29, 0.717) is 23.1 Å². The normalized spacial score (nSPS) is 10.5. The molecule has 0 aliphatic carbocycles. The molecule has 0 aromatic heterocycles. The second-order valence-electron chi connectivity index (χ2n) is 4.91. The topological polar surface area (TPSA) is 30.5 Å². The highest BCUT2D eigenvalue weighted by Gasteiger charge is 2.10. The van der Waals surface area contributed by atoms with Crippen molar-refractivity contribution in [2.75, 3.05) is 14.2 Å². The van der Waals surface area contributed by atoms with Gasteiger partial charge in [-0.1, -0.05) is 41.4 Å². The fourth-order valence-corrected chi connectivity index (χ4v) is 2.56. The smallest absolute Gasteiger partial charge is 0.179 e. The Bertz CT molecular complexity index is 614. The van der Waals surface area contributed by atoms with Crippen molar-refractivity contribution in [3.05, 3.63) is 58.1 Å². The molecule has 2 aromatic carbocycles. The average Bonchev–Trinajstić information content (AvgIpc) is 2.46. The largest absolute Gasteiger partial charge is 0.493 e. The number of methoxy groups -OCH3 is 2. The second-order valence-corrected chi connectivity index (χ2v) is 5.31. The van der Waals surface area contributed by atoms with Gasteiger partial charge < -0.3 is 14.8 Å². The lowest BCUT2D eigenvalue weighted by atomic mass is 10.1. The Hall–Kier alpha value is -1.71.